The van der Waals surface area contributed by atoms with E-state index in [2.05, 4.69) is 0 Å². The minimum Gasteiger partial charge on any atom is -0.422 e. The summed E-state index contributed by atoms with van der Waals surface area (Å²) in [6.45, 7) is 3.24. The molecular formula is C16H22O4. The summed E-state index contributed by atoms with van der Waals surface area (Å²) in [5.41, 5.74) is 0. The first-order valence-corrected chi connectivity index (χ1v) is 7.88. The second kappa shape index (κ2) is 3.99. The van der Waals surface area contributed by atoms with E-state index in [1.165, 1.54) is 32.1 Å². The molecule has 1 heterocycles. The zero-order chi connectivity index (χ0) is 14.1. The van der Waals surface area contributed by atoms with Crippen LogP contribution in [0.15, 0.2) is 0 Å². The number of esters is 2. The molecule has 0 atom stereocenters. The Kier molecular flexibility index (Phi) is 2.52. The van der Waals surface area contributed by atoms with Gasteiger partial charge in [0, 0.05) is 13.8 Å². The van der Waals surface area contributed by atoms with Crippen LogP contribution in [0.3, 0.4) is 0 Å². The largest absolute Gasteiger partial charge is 0.422 e. The van der Waals surface area contributed by atoms with Crippen molar-refractivity contribution < 1.29 is 19.1 Å². The second-order valence-electron chi connectivity index (χ2n) is 7.73. The third-order valence-electron chi connectivity index (χ3n) is 5.89. The van der Waals surface area contributed by atoms with Gasteiger partial charge in [-0.05, 0) is 61.7 Å². The summed E-state index contributed by atoms with van der Waals surface area (Å²) in [5, 5.41) is 0. The predicted molar refractivity (Wildman–Crippen MR) is 70.3 cm³/mol. The molecule has 110 valence electrons. The van der Waals surface area contributed by atoms with Crippen LogP contribution in [0.1, 0.15) is 46.0 Å². The fourth-order valence-electron chi connectivity index (χ4n) is 5.55. The Morgan fingerprint density at radius 2 is 1.30 bits per heavy atom. The molecule has 0 aromatic carbocycles. The molecule has 4 aliphatic carbocycles. The minimum atomic E-state index is -1.10. The molecule has 5 rings (SSSR count). The number of rotatable bonds is 1. The van der Waals surface area contributed by atoms with Gasteiger partial charge >= 0.3 is 11.9 Å². The molecule has 4 saturated carbocycles. The first kappa shape index (κ1) is 12.7. The van der Waals surface area contributed by atoms with E-state index in [0.29, 0.717) is 11.8 Å². The average molecular weight is 278 g/mol. The molecule has 4 nitrogen and oxygen atoms in total. The van der Waals surface area contributed by atoms with Gasteiger partial charge in [0.05, 0.1) is 0 Å². The first-order chi connectivity index (χ1) is 9.43. The van der Waals surface area contributed by atoms with Crippen molar-refractivity contribution in [2.45, 2.75) is 51.7 Å². The van der Waals surface area contributed by atoms with Crippen molar-refractivity contribution in [3.8, 4) is 0 Å². The van der Waals surface area contributed by atoms with Crippen molar-refractivity contribution in [3.05, 3.63) is 0 Å². The van der Waals surface area contributed by atoms with E-state index in [1.807, 2.05) is 0 Å². The van der Waals surface area contributed by atoms with Crippen LogP contribution in [0.25, 0.3) is 0 Å². The van der Waals surface area contributed by atoms with E-state index in [-0.39, 0.29) is 17.9 Å². The second-order valence-corrected chi connectivity index (χ2v) is 7.73. The first-order valence-electron chi connectivity index (χ1n) is 7.88. The van der Waals surface area contributed by atoms with Gasteiger partial charge in [0.2, 0.25) is 0 Å². The summed E-state index contributed by atoms with van der Waals surface area (Å²) in [4.78, 5) is 24.6. The average Bonchev–Trinajstić information content (AvgIpc) is 2.29. The fraction of sp³-hybridized carbons (Fsp3) is 0.875. The molecule has 0 aromatic rings. The fourth-order valence-corrected chi connectivity index (χ4v) is 5.55. The Morgan fingerprint density at radius 3 is 1.75 bits per heavy atom. The zero-order valence-corrected chi connectivity index (χ0v) is 12.1. The molecule has 4 bridgehead atoms. The highest BCUT2D eigenvalue weighted by atomic mass is 16.7. The van der Waals surface area contributed by atoms with Gasteiger partial charge in [-0.25, -0.2) is 0 Å². The molecule has 5 fully saturated rings. The normalized spacial score (nSPS) is 46.2. The molecular weight excluding hydrogens is 256 g/mol. The van der Waals surface area contributed by atoms with Crippen LogP contribution >= 0.6 is 0 Å². The SMILES string of the molecule is CC1(C)OC(=O)C(C2C3CC4CC(C3)CC2C4)C(=O)O1. The van der Waals surface area contributed by atoms with E-state index in [0.717, 1.165) is 11.8 Å². The Balaban J connectivity index is 1.61. The maximum Gasteiger partial charge on any atom is 0.323 e. The van der Waals surface area contributed by atoms with E-state index in [9.17, 15) is 9.59 Å². The smallest absolute Gasteiger partial charge is 0.323 e. The lowest BCUT2D eigenvalue weighted by Gasteiger charge is -2.56. The molecule has 4 heteroatoms. The van der Waals surface area contributed by atoms with Crippen LogP contribution in [0.5, 0.6) is 0 Å². The lowest BCUT2D eigenvalue weighted by molar-refractivity contribution is -0.248. The summed E-state index contributed by atoms with van der Waals surface area (Å²) < 4.78 is 10.7. The Labute approximate surface area is 119 Å². The lowest BCUT2D eigenvalue weighted by Crippen LogP contribution is -2.55. The van der Waals surface area contributed by atoms with Gasteiger partial charge < -0.3 is 9.47 Å². The highest BCUT2D eigenvalue weighted by Crippen LogP contribution is 2.59. The van der Waals surface area contributed by atoms with Gasteiger partial charge in [0.25, 0.3) is 5.79 Å². The number of cyclic esters (lactones) is 2. The van der Waals surface area contributed by atoms with Crippen molar-refractivity contribution in [1.29, 1.82) is 0 Å². The van der Waals surface area contributed by atoms with Crippen LogP contribution in [-0.4, -0.2) is 17.7 Å². The van der Waals surface area contributed by atoms with Gasteiger partial charge in [-0.1, -0.05) is 0 Å². The quantitative estimate of drug-likeness (QED) is 0.546. The monoisotopic (exact) mass is 278 g/mol. The molecule has 0 unspecified atom stereocenters. The van der Waals surface area contributed by atoms with Crippen LogP contribution < -0.4 is 0 Å². The number of carbonyl (C=O) groups is 2. The molecule has 0 N–H and O–H groups in total. The summed E-state index contributed by atoms with van der Waals surface area (Å²) in [6, 6.07) is 0. The molecule has 1 aliphatic heterocycles. The number of hydrogen-bond donors (Lipinski definition) is 0. The summed E-state index contributed by atoms with van der Waals surface area (Å²) in [6.07, 6.45) is 6.14. The Hall–Kier alpha value is -1.06. The summed E-state index contributed by atoms with van der Waals surface area (Å²) in [7, 11) is 0. The Morgan fingerprint density at radius 1 is 0.850 bits per heavy atom. The standard InChI is InChI=1S/C16H22O4/c1-16(2)19-14(17)13(15(18)20-16)12-10-4-8-3-9(6-10)7-11(12)5-8/h8-13H,3-7H2,1-2H3. The minimum absolute atomic E-state index is 0.166. The van der Waals surface area contributed by atoms with Crippen molar-refractivity contribution in [2.24, 2.45) is 35.5 Å². The van der Waals surface area contributed by atoms with Gasteiger partial charge in [-0.2, -0.15) is 0 Å². The topological polar surface area (TPSA) is 52.6 Å². The molecule has 5 aliphatic rings. The van der Waals surface area contributed by atoms with Crippen LogP contribution in [0, 0.1) is 35.5 Å². The van der Waals surface area contributed by atoms with Crippen molar-refractivity contribution in [1.82, 2.24) is 0 Å². The molecule has 20 heavy (non-hydrogen) atoms. The Bertz CT molecular complexity index is 419. The highest BCUT2D eigenvalue weighted by Gasteiger charge is 2.57. The van der Waals surface area contributed by atoms with Gasteiger partial charge in [-0.3, -0.25) is 9.59 Å². The van der Waals surface area contributed by atoms with Crippen LogP contribution in [-0.2, 0) is 19.1 Å². The van der Waals surface area contributed by atoms with Gasteiger partial charge in [0.15, 0.2) is 5.92 Å². The van der Waals surface area contributed by atoms with Crippen molar-refractivity contribution in [3.63, 3.8) is 0 Å². The third-order valence-corrected chi connectivity index (χ3v) is 5.89. The maximum absolute atomic E-state index is 12.3. The third kappa shape index (κ3) is 1.80. The number of ether oxygens (including phenoxy) is 2. The number of carbonyl (C=O) groups excluding carboxylic acids is 2. The van der Waals surface area contributed by atoms with E-state index >= 15 is 0 Å². The highest BCUT2D eigenvalue weighted by molar-refractivity contribution is 5.97. The van der Waals surface area contributed by atoms with E-state index in [4.69, 9.17) is 9.47 Å². The lowest BCUT2D eigenvalue weighted by atomic mass is 9.49. The molecule has 0 spiro atoms. The van der Waals surface area contributed by atoms with E-state index < -0.39 is 11.7 Å². The van der Waals surface area contributed by atoms with Crippen molar-refractivity contribution >= 4 is 11.9 Å². The number of hydrogen-bond acceptors (Lipinski definition) is 4. The molecule has 0 amide bonds. The maximum atomic E-state index is 12.3. The van der Waals surface area contributed by atoms with Gasteiger partial charge in [0.1, 0.15) is 0 Å². The molecule has 0 aromatic heterocycles. The molecule has 0 radical (unpaired) electrons. The van der Waals surface area contributed by atoms with Crippen LogP contribution in [0.4, 0.5) is 0 Å². The van der Waals surface area contributed by atoms with Crippen LogP contribution in [0.2, 0.25) is 0 Å². The zero-order valence-electron chi connectivity index (χ0n) is 12.1. The van der Waals surface area contributed by atoms with E-state index in [1.54, 1.807) is 13.8 Å². The molecule has 1 saturated heterocycles. The van der Waals surface area contributed by atoms with Crippen molar-refractivity contribution in [2.75, 3.05) is 0 Å². The van der Waals surface area contributed by atoms with Gasteiger partial charge in [-0.15, -0.1) is 0 Å². The summed E-state index contributed by atoms with van der Waals surface area (Å²) in [5.74, 6) is 0.400. The predicted octanol–water partition coefficient (Wildman–Crippen LogP) is 2.51. The summed E-state index contributed by atoms with van der Waals surface area (Å²) >= 11 is 0.